The lowest BCUT2D eigenvalue weighted by molar-refractivity contribution is -0.152. The van der Waals surface area contributed by atoms with Gasteiger partial charge in [0.05, 0.1) is 18.7 Å². The third-order valence-electron chi connectivity index (χ3n) is 23.9. The molecule has 0 radical (unpaired) electrons. The molecule has 0 aliphatic carbocycles. The number of fused-ring (bicyclic) bond motifs is 3. The molecule has 0 saturated carbocycles. The predicted molar refractivity (Wildman–Crippen MR) is 489 cm³/mol. The summed E-state index contributed by atoms with van der Waals surface area (Å²) < 4.78 is 14.6. The van der Waals surface area contributed by atoms with Gasteiger partial charge in [0.2, 0.25) is 88.6 Å². The lowest BCUT2D eigenvalue weighted by Gasteiger charge is -2.38. The molecule has 17 N–H and O–H groups in total. The molecule has 4 heterocycles. The molecule has 3 saturated heterocycles. The van der Waals surface area contributed by atoms with Crippen LogP contribution in [0.4, 0.5) is 4.39 Å². The van der Waals surface area contributed by atoms with E-state index in [0.29, 0.717) is 64.4 Å². The molecule has 5 aromatic carbocycles. The van der Waals surface area contributed by atoms with Crippen molar-refractivity contribution in [1.29, 1.82) is 0 Å². The van der Waals surface area contributed by atoms with Crippen LogP contribution in [0.3, 0.4) is 0 Å². The Bertz CT molecular complexity index is 5050. The highest BCUT2D eigenvalue weighted by Gasteiger charge is 2.46. The maximum absolute atomic E-state index is 15.8. The number of aromatic amines is 1. The Morgan fingerprint density at radius 1 is 0.508 bits per heavy atom. The van der Waals surface area contributed by atoms with Crippen LogP contribution in [-0.4, -0.2) is 277 Å². The Balaban J connectivity index is 1.13. The summed E-state index contributed by atoms with van der Waals surface area (Å²) in [5.74, 6) is -17.9. The fraction of sp³-hybridized carbons (Fsp3) is 0.489. The zero-order chi connectivity index (χ0) is 96.2. The number of para-hydroxylation sites is 1. The summed E-state index contributed by atoms with van der Waals surface area (Å²) in [6, 6.07) is 12.5. The summed E-state index contributed by atoms with van der Waals surface area (Å²) in [6.07, 6.45) is 1.10. The number of primary amides is 1. The molecule has 3 aliphatic rings. The first-order valence-electron chi connectivity index (χ1n) is 44.7. The number of likely N-dealkylation sites (N-methyl/N-ethyl adjacent to an activating group) is 3. The van der Waals surface area contributed by atoms with Crippen molar-refractivity contribution in [3.05, 3.63) is 167 Å². The number of piperidine rings is 1. The number of phenolic OH excluding ortho intramolecular Hbond substituents is 2. The number of thioether (sulfide) groups is 1. The number of nitrogens with one attached hydrogen (secondary N) is 10. The number of carboxylic acids is 1. The quantitative estimate of drug-likeness (QED) is 0.0414. The Morgan fingerprint density at radius 2 is 1.02 bits per heavy atom. The van der Waals surface area contributed by atoms with Gasteiger partial charge in [-0.3, -0.25) is 76.7 Å². The van der Waals surface area contributed by atoms with Crippen molar-refractivity contribution in [1.82, 2.24) is 77.3 Å². The van der Waals surface area contributed by atoms with E-state index in [4.69, 9.17) is 11.5 Å². The predicted octanol–water partition coefficient (Wildman–Crippen LogP) is 2.42. The summed E-state index contributed by atoms with van der Waals surface area (Å²) in [7, 11) is 4.02. The summed E-state index contributed by atoms with van der Waals surface area (Å²) in [5, 5.41) is 56.1. The van der Waals surface area contributed by atoms with E-state index in [-0.39, 0.29) is 114 Å². The number of hydrogen-bond acceptors (Lipinski definition) is 20. The van der Waals surface area contributed by atoms with Gasteiger partial charge in [0, 0.05) is 89.2 Å². The van der Waals surface area contributed by atoms with Gasteiger partial charge in [0.25, 0.3) is 0 Å². The molecule has 132 heavy (non-hydrogen) atoms. The van der Waals surface area contributed by atoms with Crippen molar-refractivity contribution in [2.75, 3.05) is 58.8 Å². The smallest absolute Gasteiger partial charge is 0.305 e. The average Bonchev–Trinajstić information content (AvgIpc) is 1.26. The highest BCUT2D eigenvalue weighted by molar-refractivity contribution is 8.00. The van der Waals surface area contributed by atoms with Gasteiger partial charge in [0.1, 0.15) is 95.9 Å². The molecular formula is C94H124FN17O19S. The monoisotopic (exact) mass is 1850 g/mol. The summed E-state index contributed by atoms with van der Waals surface area (Å²) in [4.78, 5) is 247. The molecule has 1 aromatic heterocycles. The largest absolute Gasteiger partial charge is 0.508 e. The minimum Gasteiger partial charge on any atom is -0.508 e. The molecule has 0 unspecified atom stereocenters. The van der Waals surface area contributed by atoms with Crippen LogP contribution in [0, 0.1) is 17.7 Å². The summed E-state index contributed by atoms with van der Waals surface area (Å²) >= 11 is 0.779. The van der Waals surface area contributed by atoms with Crippen molar-refractivity contribution >= 4 is 117 Å². The summed E-state index contributed by atoms with van der Waals surface area (Å²) in [6.45, 7) is 7.74. The van der Waals surface area contributed by atoms with E-state index in [1.54, 1.807) is 88.5 Å². The highest BCUT2D eigenvalue weighted by atomic mass is 32.2. The van der Waals surface area contributed by atoms with E-state index in [0.717, 1.165) is 33.7 Å². The number of carboxylic acid groups (broad SMARTS) is 1. The molecule has 0 bridgehead atoms. The molecule has 15 amide bonds. The maximum Gasteiger partial charge on any atom is 0.305 e. The van der Waals surface area contributed by atoms with E-state index < -0.39 is 209 Å². The normalized spacial score (nSPS) is 23.8. The van der Waals surface area contributed by atoms with Gasteiger partial charge in [-0.05, 0) is 146 Å². The number of aromatic hydroxyl groups is 2. The van der Waals surface area contributed by atoms with E-state index in [1.165, 1.54) is 96.5 Å². The lowest BCUT2D eigenvalue weighted by atomic mass is 9.95. The molecule has 36 nitrogen and oxygen atoms in total. The Hall–Kier alpha value is -13.0. The van der Waals surface area contributed by atoms with Crippen molar-refractivity contribution in [3.63, 3.8) is 0 Å². The number of hydrogen-bond donors (Lipinski definition) is 15. The number of phenols is 2. The third kappa shape index (κ3) is 29.0. The lowest BCUT2D eigenvalue weighted by Crippen LogP contribution is -2.63. The van der Waals surface area contributed by atoms with Gasteiger partial charge in [-0.1, -0.05) is 132 Å². The van der Waals surface area contributed by atoms with Crippen LogP contribution < -0.4 is 59.3 Å². The van der Waals surface area contributed by atoms with Gasteiger partial charge in [-0.15, -0.1) is 11.8 Å². The van der Waals surface area contributed by atoms with Crippen LogP contribution in [0.5, 0.6) is 11.5 Å². The van der Waals surface area contributed by atoms with E-state index in [1.807, 2.05) is 6.92 Å². The maximum atomic E-state index is 15.8. The first kappa shape index (κ1) is 103. The van der Waals surface area contributed by atoms with Crippen LogP contribution >= 0.6 is 11.8 Å². The van der Waals surface area contributed by atoms with Crippen molar-refractivity contribution in [3.8, 4) is 11.5 Å². The topological polar surface area (TPSA) is 526 Å². The number of halogens is 1. The molecule has 6 aromatic rings. The molecule has 3 aliphatic heterocycles. The average molecular weight is 1850 g/mol. The zero-order valence-electron chi connectivity index (χ0n) is 75.7. The number of amides is 15. The number of benzene rings is 5. The fourth-order valence-electron chi connectivity index (χ4n) is 16.6. The number of unbranched alkanes of at least 4 members (excludes halogenated alkanes) is 1. The van der Waals surface area contributed by atoms with E-state index in [2.05, 4.69) is 52.8 Å². The first-order valence-corrected chi connectivity index (χ1v) is 45.9. The number of aliphatic carboxylic acids is 1. The number of carbonyl (C=O) groups excluding carboxylic acids is 15. The van der Waals surface area contributed by atoms with Gasteiger partial charge in [-0.2, -0.15) is 0 Å². The van der Waals surface area contributed by atoms with Crippen LogP contribution in [0.25, 0.3) is 10.9 Å². The minimum atomic E-state index is -1.89. The zero-order valence-corrected chi connectivity index (χ0v) is 76.5. The summed E-state index contributed by atoms with van der Waals surface area (Å²) in [5.41, 5.74) is 14.4. The molecule has 3 fully saturated rings. The number of nitrogens with zero attached hydrogens (tertiary/aromatic N) is 5. The Labute approximate surface area is 770 Å². The van der Waals surface area contributed by atoms with Gasteiger partial charge in [-0.25, -0.2) is 4.39 Å². The SMILES string of the molecule is CCCC[C@H]1C(=O)N2CCC[C@@H]2C(=O)N[C@@H](CC(=O)O)C(=O)N[C@@H](C(C)C)C(=O)N(C)[C@@H](CC(C)C)C(=O)N[C@@H](Cc2ccc(O)cc2)C(=O)N2CCCC[C@@H]2C(=O)N[C@H](Cc2c[nH]c3ccccc23)C(=O)N[C@@H](Cc2ccc(O)cc2)C(=O)N[C@@H](CCCN)C(=O)N[C@H](C(=O)NCC(N)=O)CSCC(=O)N[C@@H](Cc2ccc(F)cc2)C(=O)N(C)[C@@H](Cc2ccccc2)C(=O)N1C. The standard InChI is InChI=1S/C94H124FN17O19S/c1-9-10-25-75-93(130)112-42-19-27-74(112)88(125)104-69(49-80(117)118)86(123)107-81(55(4)5)94(131)109(7)76(43-54(2)3)89(126)105-71(46-59-32-38-63(114)39-33-59)91(128)111-41-17-16-26-73(111)87(124)103-68(48-60-50-98-65-23-15-14-22-64(60)65)85(122)102-67(44-58-30-36-62(113)37-31-58)84(121)101-66(24-18-40-96)83(120)106-72(82(119)99-51-78(97)115)52-132-53-79(116)100-70(45-57-28-34-61(95)35-29-57)90(127)110(8)77(92(129)108(75)6)47-56-20-12-11-13-21-56/h11-15,20-23,28-39,50,54-55,66-77,81,98,113-114H,9-10,16-19,24-27,40-49,51-53,96H2,1-8H3,(H2,97,115)(H,99,119)(H,100,116)(H,101,121)(H,102,122)(H,103,124)(H,104,125)(H,105,126)(H,106,120)(H,107,123)(H,117,118)/t66-,67-,68+,69-,70-,71-,72-,73+,74+,75-,76-,77-,81-/m0/s1. The van der Waals surface area contributed by atoms with Crippen molar-refractivity contribution in [2.45, 2.75) is 222 Å². The second-order valence-corrected chi connectivity index (χ2v) is 35.7. The Morgan fingerprint density at radius 3 is 1.61 bits per heavy atom. The van der Waals surface area contributed by atoms with Crippen LogP contribution in [0.2, 0.25) is 0 Å². The van der Waals surface area contributed by atoms with Crippen LogP contribution in [0.15, 0.2) is 134 Å². The molecule has 38 heteroatoms. The second kappa shape index (κ2) is 49.3. The van der Waals surface area contributed by atoms with Crippen molar-refractivity contribution < 1.29 is 96.4 Å². The van der Waals surface area contributed by atoms with Crippen LogP contribution in [-0.2, 0) is 109 Å². The number of nitrogens with two attached hydrogens (primary N) is 2. The number of rotatable bonds is 24. The van der Waals surface area contributed by atoms with E-state index in [9.17, 15) is 53.3 Å². The highest BCUT2D eigenvalue weighted by Crippen LogP contribution is 2.29. The fourth-order valence-corrected chi connectivity index (χ4v) is 17.5. The molecule has 712 valence electrons. The Kier molecular flexibility index (Phi) is 38.4. The van der Waals surface area contributed by atoms with Crippen molar-refractivity contribution in [2.24, 2.45) is 23.3 Å². The third-order valence-corrected chi connectivity index (χ3v) is 25.0. The van der Waals surface area contributed by atoms with Gasteiger partial charge >= 0.3 is 5.97 Å². The molecular weight excluding hydrogens is 1720 g/mol. The number of aromatic nitrogens is 1. The number of carbonyl (C=O) groups is 16. The number of H-pyrrole nitrogens is 1. The molecule has 9 rings (SSSR count). The molecule has 0 spiro atoms. The van der Waals surface area contributed by atoms with Crippen LogP contribution in [0.1, 0.15) is 139 Å². The van der Waals surface area contributed by atoms with E-state index >= 15 is 43.2 Å². The first-order chi connectivity index (χ1) is 62.9. The minimum absolute atomic E-state index is 0.0107. The second-order valence-electron chi connectivity index (χ2n) is 34.7. The van der Waals surface area contributed by atoms with Gasteiger partial charge < -0.3 is 104 Å². The molecule has 13 atom stereocenters. The van der Waals surface area contributed by atoms with Gasteiger partial charge in [0.15, 0.2) is 0 Å².